The van der Waals surface area contributed by atoms with Gasteiger partial charge in [0.05, 0.1) is 5.25 Å². The number of amides is 1. The number of nitrogens with zero attached hydrogens (tertiary/aromatic N) is 2. The van der Waals surface area contributed by atoms with Crippen molar-refractivity contribution in [2.45, 2.75) is 29.2 Å². The number of aromatic nitrogens is 2. The first-order valence-electron chi connectivity index (χ1n) is 7.06. The molecule has 0 saturated carbocycles. The predicted molar refractivity (Wildman–Crippen MR) is 93.1 cm³/mol. The van der Waals surface area contributed by atoms with Crippen LogP contribution < -0.4 is 10.6 Å². The number of carbonyl (C=O) groups excluding carboxylic acids is 1. The van der Waals surface area contributed by atoms with Crippen molar-refractivity contribution in [3.63, 3.8) is 0 Å². The molecule has 1 heterocycles. The second-order valence-corrected chi connectivity index (χ2v) is 7.88. The molecule has 1 atom stereocenters. The molecule has 0 bridgehead atoms. The minimum Gasteiger partial charge on any atom is -0.351 e. The van der Waals surface area contributed by atoms with Crippen LogP contribution in [0.2, 0.25) is 5.02 Å². The predicted octanol–water partition coefficient (Wildman–Crippen LogP) is 3.96. The molecule has 1 aromatic heterocycles. The number of nitrogens with one attached hydrogen (secondary N) is 2. The summed E-state index contributed by atoms with van der Waals surface area (Å²) < 4.78 is 36.8. The van der Waals surface area contributed by atoms with E-state index in [1.807, 2.05) is 12.1 Å². The topological polar surface area (TPSA) is 66.9 Å². The van der Waals surface area contributed by atoms with Crippen LogP contribution in [0.25, 0.3) is 0 Å². The monoisotopic (exact) mass is 410 g/mol. The lowest BCUT2D eigenvalue weighted by atomic mass is 10.2. The fraction of sp³-hybridized carbons (Fsp3) is 0.357. The van der Waals surface area contributed by atoms with Crippen molar-refractivity contribution in [2.75, 3.05) is 11.9 Å². The molecule has 0 aliphatic rings. The molecule has 0 fully saturated rings. The van der Waals surface area contributed by atoms with Gasteiger partial charge in [-0.25, -0.2) is 0 Å². The first-order chi connectivity index (χ1) is 11.7. The summed E-state index contributed by atoms with van der Waals surface area (Å²) in [6, 6.07) is 7.16. The average Bonchev–Trinajstić information content (AvgIpc) is 2.98. The molecule has 1 aromatic carbocycles. The minimum absolute atomic E-state index is 0.0588. The summed E-state index contributed by atoms with van der Waals surface area (Å²) in [4.78, 5) is 12.1. The normalized spacial score (nSPS) is 12.7. The number of anilines is 1. The largest absolute Gasteiger partial charge is 0.405 e. The van der Waals surface area contributed by atoms with Crippen molar-refractivity contribution < 1.29 is 18.0 Å². The molecule has 2 aromatic rings. The van der Waals surface area contributed by atoms with Gasteiger partial charge < -0.3 is 10.6 Å². The Kier molecular flexibility index (Phi) is 6.91. The third kappa shape index (κ3) is 6.71. The number of benzene rings is 1. The molecule has 5 nitrogen and oxygen atoms in total. The number of rotatable bonds is 7. The fourth-order valence-electron chi connectivity index (χ4n) is 1.68. The van der Waals surface area contributed by atoms with E-state index >= 15 is 0 Å². The number of hydrogen-bond donors (Lipinski definition) is 2. The van der Waals surface area contributed by atoms with Crippen LogP contribution in [0.3, 0.4) is 0 Å². The second kappa shape index (κ2) is 8.72. The van der Waals surface area contributed by atoms with Crippen LogP contribution in [0, 0.1) is 0 Å². The standard InChI is InChI=1S/C14H14ClF3N4OS2/c1-8(11(23)19-6-9-4-2-3-5-10(9)15)24-13-22-21-12(25-13)20-7-14(16,17)18/h2-5,8H,6-7H2,1H3,(H,19,23)(H,20,21). The van der Waals surface area contributed by atoms with Gasteiger partial charge in [-0.15, -0.1) is 10.2 Å². The number of alkyl halides is 3. The maximum atomic E-state index is 12.1. The number of carbonyl (C=O) groups is 1. The number of halogens is 4. The zero-order valence-electron chi connectivity index (χ0n) is 12.9. The van der Waals surface area contributed by atoms with Gasteiger partial charge in [-0.1, -0.05) is 52.9 Å². The Bertz CT molecular complexity index is 726. The molecule has 0 radical (unpaired) electrons. The molecule has 1 amide bonds. The summed E-state index contributed by atoms with van der Waals surface area (Å²) in [6.45, 7) is 0.787. The van der Waals surface area contributed by atoms with Gasteiger partial charge in [-0.3, -0.25) is 4.79 Å². The molecule has 0 aliphatic heterocycles. The lowest BCUT2D eigenvalue weighted by molar-refractivity contribution is -0.120. The van der Waals surface area contributed by atoms with Gasteiger partial charge in [0.25, 0.3) is 0 Å². The summed E-state index contributed by atoms with van der Waals surface area (Å²) in [5, 5.41) is 12.4. The van der Waals surface area contributed by atoms with E-state index in [9.17, 15) is 18.0 Å². The maximum absolute atomic E-state index is 12.1. The summed E-state index contributed by atoms with van der Waals surface area (Å²) in [7, 11) is 0. The smallest absolute Gasteiger partial charge is 0.351 e. The van der Waals surface area contributed by atoms with Crippen molar-refractivity contribution in [1.82, 2.24) is 15.5 Å². The lowest BCUT2D eigenvalue weighted by Gasteiger charge is -2.11. The van der Waals surface area contributed by atoms with Gasteiger partial charge >= 0.3 is 6.18 Å². The van der Waals surface area contributed by atoms with Crippen LogP contribution in [0.15, 0.2) is 28.6 Å². The lowest BCUT2D eigenvalue weighted by Crippen LogP contribution is -2.30. The third-order valence-corrected chi connectivity index (χ3v) is 5.34. The highest BCUT2D eigenvalue weighted by Gasteiger charge is 2.27. The molecule has 0 saturated heterocycles. The summed E-state index contributed by atoms with van der Waals surface area (Å²) in [5.41, 5.74) is 0.796. The van der Waals surface area contributed by atoms with Crippen molar-refractivity contribution in [2.24, 2.45) is 0 Å². The molecular formula is C14H14ClF3N4OS2. The summed E-state index contributed by atoms with van der Waals surface area (Å²) >= 11 is 8.11. The van der Waals surface area contributed by atoms with Crippen LogP contribution in [0.4, 0.5) is 18.3 Å². The first kappa shape index (κ1) is 19.8. The van der Waals surface area contributed by atoms with Gasteiger partial charge in [0.1, 0.15) is 6.54 Å². The Hall–Kier alpha value is -1.52. The maximum Gasteiger partial charge on any atom is 0.405 e. The Morgan fingerprint density at radius 3 is 2.76 bits per heavy atom. The quantitative estimate of drug-likeness (QED) is 0.676. The molecular weight excluding hydrogens is 397 g/mol. The van der Waals surface area contributed by atoms with Gasteiger partial charge in [0.2, 0.25) is 11.0 Å². The van der Waals surface area contributed by atoms with E-state index in [-0.39, 0.29) is 17.6 Å². The van der Waals surface area contributed by atoms with Gasteiger partial charge in [-0.05, 0) is 18.6 Å². The van der Waals surface area contributed by atoms with E-state index < -0.39 is 18.0 Å². The van der Waals surface area contributed by atoms with E-state index in [0.717, 1.165) is 28.7 Å². The van der Waals surface area contributed by atoms with Crippen molar-refractivity contribution in [3.8, 4) is 0 Å². The van der Waals surface area contributed by atoms with E-state index in [1.165, 1.54) is 0 Å². The molecule has 136 valence electrons. The molecule has 1 unspecified atom stereocenters. The Labute approximate surface area is 155 Å². The Morgan fingerprint density at radius 2 is 2.08 bits per heavy atom. The zero-order valence-corrected chi connectivity index (χ0v) is 15.3. The van der Waals surface area contributed by atoms with Crippen molar-refractivity contribution >= 4 is 45.7 Å². The fourth-order valence-corrected chi connectivity index (χ4v) is 3.80. The highest BCUT2D eigenvalue weighted by atomic mass is 35.5. The summed E-state index contributed by atoms with van der Waals surface area (Å²) in [6.07, 6.45) is -4.33. The van der Waals surface area contributed by atoms with Crippen molar-refractivity contribution in [1.29, 1.82) is 0 Å². The zero-order chi connectivity index (χ0) is 18.4. The second-order valence-electron chi connectivity index (χ2n) is 4.91. The van der Waals surface area contributed by atoms with Gasteiger partial charge in [-0.2, -0.15) is 13.2 Å². The van der Waals surface area contributed by atoms with Crippen LogP contribution in [0.1, 0.15) is 12.5 Å². The molecule has 11 heteroatoms. The van der Waals surface area contributed by atoms with Gasteiger partial charge in [0, 0.05) is 11.6 Å². The third-order valence-electron chi connectivity index (χ3n) is 2.90. The van der Waals surface area contributed by atoms with E-state index in [4.69, 9.17) is 11.6 Å². The van der Waals surface area contributed by atoms with Crippen LogP contribution in [-0.2, 0) is 11.3 Å². The number of thioether (sulfide) groups is 1. The highest BCUT2D eigenvalue weighted by molar-refractivity contribution is 8.02. The Balaban J connectivity index is 1.83. The SMILES string of the molecule is CC(Sc1nnc(NCC(F)(F)F)s1)C(=O)NCc1ccccc1Cl. The molecule has 2 N–H and O–H groups in total. The molecule has 2 rings (SSSR count). The molecule has 0 spiro atoms. The number of hydrogen-bond acceptors (Lipinski definition) is 6. The minimum atomic E-state index is -4.33. The van der Waals surface area contributed by atoms with E-state index in [1.54, 1.807) is 19.1 Å². The van der Waals surface area contributed by atoms with Crippen LogP contribution in [0.5, 0.6) is 0 Å². The van der Waals surface area contributed by atoms with Crippen LogP contribution >= 0.6 is 34.7 Å². The first-order valence-corrected chi connectivity index (χ1v) is 9.14. The van der Waals surface area contributed by atoms with Gasteiger partial charge in [0.15, 0.2) is 4.34 Å². The average molecular weight is 411 g/mol. The summed E-state index contributed by atoms with van der Waals surface area (Å²) in [5.74, 6) is -0.232. The Morgan fingerprint density at radius 1 is 1.36 bits per heavy atom. The van der Waals surface area contributed by atoms with E-state index in [0.29, 0.717) is 9.36 Å². The van der Waals surface area contributed by atoms with Crippen LogP contribution in [-0.4, -0.2) is 34.1 Å². The van der Waals surface area contributed by atoms with E-state index in [2.05, 4.69) is 20.8 Å². The van der Waals surface area contributed by atoms with Crippen molar-refractivity contribution in [3.05, 3.63) is 34.9 Å². The molecule has 25 heavy (non-hydrogen) atoms. The molecule has 0 aliphatic carbocycles. The highest BCUT2D eigenvalue weighted by Crippen LogP contribution is 2.29.